The van der Waals surface area contributed by atoms with E-state index in [4.69, 9.17) is 48.9 Å². The molecular formula is C30H26N6S4. The zero-order valence-electron chi connectivity index (χ0n) is 21.4. The van der Waals surface area contributed by atoms with Gasteiger partial charge in [0.25, 0.3) is 0 Å². The molecule has 2 aromatic heterocycles. The highest BCUT2D eigenvalue weighted by Gasteiger charge is 2.10. The van der Waals surface area contributed by atoms with Crippen molar-refractivity contribution in [3.05, 3.63) is 130 Å². The lowest BCUT2D eigenvalue weighted by atomic mass is 10.1. The number of hydrogen-bond donors (Lipinski definition) is 4. The zero-order valence-corrected chi connectivity index (χ0v) is 24.7. The molecule has 6 nitrogen and oxygen atoms in total. The first kappa shape index (κ1) is 27.9. The predicted octanol–water partition coefficient (Wildman–Crippen LogP) is 4.65. The van der Waals surface area contributed by atoms with E-state index >= 15 is 0 Å². The second kappa shape index (κ2) is 13.1. The van der Waals surface area contributed by atoms with Crippen LogP contribution in [0.3, 0.4) is 0 Å². The average molecular weight is 599 g/mol. The lowest BCUT2D eigenvalue weighted by Gasteiger charge is -2.13. The Hall–Kier alpha value is -3.70. The molecule has 40 heavy (non-hydrogen) atoms. The number of hydrogen-bond acceptors (Lipinski definition) is 6. The van der Waals surface area contributed by atoms with Gasteiger partial charge >= 0.3 is 0 Å². The minimum absolute atomic E-state index is 0.570. The van der Waals surface area contributed by atoms with Gasteiger partial charge in [-0.3, -0.25) is 0 Å². The summed E-state index contributed by atoms with van der Waals surface area (Å²) in [7, 11) is 0. The Morgan fingerprint density at radius 2 is 0.600 bits per heavy atom. The molecule has 4 aliphatic rings. The van der Waals surface area contributed by atoms with Crippen molar-refractivity contribution in [1.82, 2.24) is 31.2 Å². The van der Waals surface area contributed by atoms with Gasteiger partial charge < -0.3 is 21.3 Å². The van der Waals surface area contributed by atoms with Gasteiger partial charge in [-0.15, -0.1) is 0 Å². The molecule has 8 rings (SSSR count). The number of nitrogens with one attached hydrogen (secondary N) is 4. The zero-order chi connectivity index (χ0) is 27.9. The average Bonchev–Trinajstić information content (AvgIpc) is 3.00. The molecule has 0 amide bonds. The van der Waals surface area contributed by atoms with E-state index in [2.05, 4.69) is 79.8 Å². The van der Waals surface area contributed by atoms with Crippen LogP contribution in [0.4, 0.5) is 0 Å². The third-order valence-electron chi connectivity index (χ3n) is 6.29. The summed E-state index contributed by atoms with van der Waals surface area (Å²) >= 11 is 22.5. The Morgan fingerprint density at radius 1 is 0.375 bits per heavy atom. The first-order valence-corrected chi connectivity index (χ1v) is 14.3. The van der Waals surface area contributed by atoms with E-state index in [9.17, 15) is 0 Å². The van der Waals surface area contributed by atoms with Crippen molar-refractivity contribution in [2.24, 2.45) is 0 Å². The molecule has 4 N–H and O–H groups in total. The van der Waals surface area contributed by atoms with Crippen molar-refractivity contribution in [1.29, 1.82) is 0 Å². The summed E-state index contributed by atoms with van der Waals surface area (Å²) < 4.78 is 0. The highest BCUT2D eigenvalue weighted by Crippen LogP contribution is 2.10. The van der Waals surface area contributed by atoms with Crippen molar-refractivity contribution in [3.8, 4) is 0 Å². The van der Waals surface area contributed by atoms with Crippen LogP contribution >= 0.6 is 48.9 Å². The van der Waals surface area contributed by atoms with E-state index in [-0.39, 0.29) is 0 Å². The van der Waals surface area contributed by atoms with E-state index < -0.39 is 0 Å². The lowest BCUT2D eigenvalue weighted by molar-refractivity contribution is 0.898. The monoisotopic (exact) mass is 598 g/mol. The van der Waals surface area contributed by atoms with Crippen LogP contribution in [0.25, 0.3) is 0 Å². The van der Waals surface area contributed by atoms with Crippen LogP contribution in [0.2, 0.25) is 0 Å². The van der Waals surface area contributed by atoms with Gasteiger partial charge in [0, 0.05) is 26.2 Å². The van der Waals surface area contributed by atoms with Crippen molar-refractivity contribution in [2.45, 2.75) is 26.2 Å². The Balaban J connectivity index is 1.36. The highest BCUT2D eigenvalue weighted by atomic mass is 32.1. The topological polar surface area (TPSA) is 73.9 Å². The summed E-state index contributed by atoms with van der Waals surface area (Å²) in [4.78, 5) is 11.6. The standard InChI is InChI=1S/C30H26N6S4/c37-27-23-3-1-4-24(35-23)28(38)32-16-20-9-13-22(14-10-20)18-34-30(40)26-6-2-5-25(36-26)29(39)33-17-21-11-7-19(8-12-21)15-31-27/h1-14H,15-18H2,(H,31,37)(H,32,38)(H,33,39)(H,34,40). The maximum absolute atomic E-state index is 5.61. The van der Waals surface area contributed by atoms with E-state index in [1.165, 1.54) is 0 Å². The summed E-state index contributed by atoms with van der Waals surface area (Å²) in [6.07, 6.45) is 0. The summed E-state index contributed by atoms with van der Waals surface area (Å²) in [5.74, 6) is 0. The largest absolute Gasteiger partial charge is 0.370 e. The minimum atomic E-state index is 0.570. The first-order chi connectivity index (χ1) is 19.4. The Morgan fingerprint density at radius 3 is 0.825 bits per heavy atom. The van der Waals surface area contributed by atoms with Crippen molar-refractivity contribution >= 4 is 68.8 Å². The van der Waals surface area contributed by atoms with E-state index in [0.29, 0.717) is 68.9 Å². The molecule has 4 aromatic rings. The van der Waals surface area contributed by atoms with Gasteiger partial charge in [0.05, 0.1) is 22.8 Å². The van der Waals surface area contributed by atoms with E-state index in [1.54, 1.807) is 0 Å². The number of benzene rings is 2. The molecular weight excluding hydrogens is 573 g/mol. The fourth-order valence-electron chi connectivity index (χ4n) is 4.02. The van der Waals surface area contributed by atoms with Gasteiger partial charge in [-0.2, -0.15) is 0 Å². The normalized spacial score (nSPS) is 14.6. The fraction of sp³-hybridized carbons (Fsp3) is 0.133. The van der Waals surface area contributed by atoms with Crippen LogP contribution in [0, 0.1) is 0 Å². The fourth-order valence-corrected chi connectivity index (χ4v) is 4.76. The summed E-state index contributed by atoms with van der Waals surface area (Å²) in [5.41, 5.74) is 7.13. The van der Waals surface area contributed by atoms with Crippen LogP contribution in [-0.4, -0.2) is 29.9 Å². The molecule has 8 bridgehead atoms. The van der Waals surface area contributed by atoms with Crippen molar-refractivity contribution < 1.29 is 0 Å². The predicted molar refractivity (Wildman–Crippen MR) is 176 cm³/mol. The third-order valence-corrected chi connectivity index (χ3v) is 7.70. The number of rotatable bonds is 0. The summed E-state index contributed by atoms with van der Waals surface area (Å²) in [6, 6.07) is 27.9. The second-order valence-corrected chi connectivity index (χ2v) is 10.8. The number of pyridine rings is 2. The van der Waals surface area contributed by atoms with Gasteiger partial charge in [0.2, 0.25) is 0 Å². The molecule has 0 aliphatic carbocycles. The molecule has 10 heteroatoms. The molecule has 0 fully saturated rings. The number of thiocarbonyl (C=S) groups is 4. The number of nitrogens with zero attached hydrogens (tertiary/aromatic N) is 2. The van der Waals surface area contributed by atoms with Gasteiger partial charge in [-0.05, 0) is 46.5 Å². The molecule has 0 spiro atoms. The SMILES string of the molecule is S=C1NCc2ccc(cc2)CNC(=S)c2cccc(n2)C(=S)NCc2ccc(cc2)CNC(=S)c2cccc1n2. The molecule has 6 heterocycles. The minimum Gasteiger partial charge on any atom is -0.370 e. The van der Waals surface area contributed by atoms with Crippen LogP contribution in [0.5, 0.6) is 0 Å². The van der Waals surface area contributed by atoms with Crippen LogP contribution < -0.4 is 21.3 Å². The molecule has 2 aromatic carbocycles. The second-order valence-electron chi connectivity index (χ2n) is 9.18. The van der Waals surface area contributed by atoms with E-state index in [1.807, 2.05) is 36.4 Å². The first-order valence-electron chi connectivity index (χ1n) is 12.7. The number of aromatic nitrogens is 2. The van der Waals surface area contributed by atoms with Gasteiger partial charge in [0.15, 0.2) is 0 Å². The molecule has 200 valence electrons. The summed E-state index contributed by atoms with van der Waals surface area (Å²) in [6.45, 7) is 2.33. The molecule has 0 atom stereocenters. The smallest absolute Gasteiger partial charge is 0.125 e. The highest BCUT2D eigenvalue weighted by molar-refractivity contribution is 7.81. The van der Waals surface area contributed by atoms with Crippen LogP contribution in [0.1, 0.15) is 45.0 Å². The molecule has 0 radical (unpaired) electrons. The molecule has 0 unspecified atom stereocenters. The summed E-state index contributed by atoms with van der Waals surface area (Å²) in [5, 5.41) is 13.2. The Labute approximate surface area is 255 Å². The van der Waals surface area contributed by atoms with Gasteiger partial charge in [0.1, 0.15) is 20.0 Å². The Bertz CT molecular complexity index is 1340. The van der Waals surface area contributed by atoms with Crippen LogP contribution in [-0.2, 0) is 26.2 Å². The third kappa shape index (κ3) is 7.28. The lowest BCUT2D eigenvalue weighted by Crippen LogP contribution is -2.27. The van der Waals surface area contributed by atoms with Crippen LogP contribution in [0.15, 0.2) is 84.9 Å². The molecule has 0 saturated carbocycles. The molecule has 4 aliphatic heterocycles. The maximum Gasteiger partial charge on any atom is 0.125 e. The Kier molecular flexibility index (Phi) is 9.12. The van der Waals surface area contributed by atoms with Crippen molar-refractivity contribution in [2.75, 3.05) is 0 Å². The van der Waals surface area contributed by atoms with Gasteiger partial charge in [-0.1, -0.05) is 110 Å². The molecule has 0 saturated heterocycles. The quantitative estimate of drug-likeness (QED) is 0.215. The van der Waals surface area contributed by atoms with Gasteiger partial charge in [-0.25, -0.2) is 9.97 Å². The van der Waals surface area contributed by atoms with Crippen molar-refractivity contribution in [3.63, 3.8) is 0 Å². The maximum atomic E-state index is 5.61. The van der Waals surface area contributed by atoms with E-state index in [0.717, 1.165) is 22.3 Å².